The van der Waals surface area contributed by atoms with Crippen LogP contribution in [-0.2, 0) is 10.3 Å². The summed E-state index contributed by atoms with van der Waals surface area (Å²) in [5, 5.41) is 10.9. The number of carbonyl (C=O) groups excluding carboxylic acids is 1. The van der Waals surface area contributed by atoms with Crippen LogP contribution in [-0.4, -0.2) is 27.1 Å². The Bertz CT molecular complexity index is 667. The van der Waals surface area contributed by atoms with Gasteiger partial charge in [-0.15, -0.1) is 0 Å². The highest BCUT2D eigenvalue weighted by Crippen LogP contribution is 2.47. The highest BCUT2D eigenvalue weighted by atomic mass is 16.5. The fourth-order valence-electron chi connectivity index (χ4n) is 3.45. The number of nitrogens with zero attached hydrogens (tertiary/aromatic N) is 1. The SMILES string of the molecule is CC1(C)C[C@](O)(c2cnc[nH]2)CC[C@@H]1OC(=O)c1ccccc1. The minimum atomic E-state index is -0.949. The van der Waals surface area contributed by atoms with Crippen molar-refractivity contribution in [1.82, 2.24) is 9.97 Å². The summed E-state index contributed by atoms with van der Waals surface area (Å²) in [5.41, 5.74) is -0.00538. The summed E-state index contributed by atoms with van der Waals surface area (Å²) in [5.74, 6) is -0.310. The number of hydrogen-bond acceptors (Lipinski definition) is 4. The summed E-state index contributed by atoms with van der Waals surface area (Å²) in [6.45, 7) is 4.05. The Morgan fingerprint density at radius 1 is 1.35 bits per heavy atom. The molecule has 2 atom stereocenters. The number of hydrogen-bond donors (Lipinski definition) is 2. The predicted molar refractivity (Wildman–Crippen MR) is 85.8 cm³/mol. The van der Waals surface area contributed by atoms with Gasteiger partial charge in [-0.25, -0.2) is 9.78 Å². The van der Waals surface area contributed by atoms with Gasteiger partial charge in [-0.2, -0.15) is 0 Å². The van der Waals surface area contributed by atoms with Crippen LogP contribution >= 0.6 is 0 Å². The number of aromatic nitrogens is 2. The molecule has 1 fully saturated rings. The van der Waals surface area contributed by atoms with Crippen molar-refractivity contribution in [3.63, 3.8) is 0 Å². The Morgan fingerprint density at radius 3 is 2.70 bits per heavy atom. The molecule has 0 aliphatic heterocycles. The van der Waals surface area contributed by atoms with E-state index in [-0.39, 0.29) is 17.5 Å². The number of imidazole rings is 1. The molecule has 1 aromatic heterocycles. The van der Waals surface area contributed by atoms with Crippen LogP contribution in [0.15, 0.2) is 42.9 Å². The van der Waals surface area contributed by atoms with Crippen LogP contribution in [0.25, 0.3) is 0 Å². The second kappa shape index (κ2) is 5.81. The first kappa shape index (κ1) is 15.7. The topological polar surface area (TPSA) is 75.2 Å². The van der Waals surface area contributed by atoms with Gasteiger partial charge >= 0.3 is 5.97 Å². The second-order valence-corrected chi connectivity index (χ2v) is 6.96. The van der Waals surface area contributed by atoms with E-state index in [0.717, 1.165) is 5.69 Å². The number of aliphatic hydroxyl groups is 1. The zero-order chi connectivity index (χ0) is 16.5. The van der Waals surface area contributed by atoms with Crippen molar-refractivity contribution in [3.05, 3.63) is 54.1 Å². The van der Waals surface area contributed by atoms with Gasteiger partial charge in [0.25, 0.3) is 0 Å². The van der Waals surface area contributed by atoms with Crippen LogP contribution in [0, 0.1) is 5.41 Å². The normalized spacial score (nSPS) is 26.7. The number of carbonyl (C=O) groups is 1. The Morgan fingerprint density at radius 2 is 2.09 bits per heavy atom. The quantitative estimate of drug-likeness (QED) is 0.854. The van der Waals surface area contributed by atoms with Gasteiger partial charge in [0.2, 0.25) is 0 Å². The van der Waals surface area contributed by atoms with E-state index in [1.165, 1.54) is 0 Å². The fourth-order valence-corrected chi connectivity index (χ4v) is 3.45. The summed E-state index contributed by atoms with van der Waals surface area (Å²) < 4.78 is 5.73. The lowest BCUT2D eigenvalue weighted by atomic mass is 9.67. The van der Waals surface area contributed by atoms with Gasteiger partial charge in [0, 0.05) is 5.41 Å². The molecule has 2 aromatic rings. The Hall–Kier alpha value is -2.14. The molecule has 5 heteroatoms. The van der Waals surface area contributed by atoms with E-state index in [9.17, 15) is 9.90 Å². The van der Waals surface area contributed by atoms with Gasteiger partial charge in [0.1, 0.15) is 11.7 Å². The third kappa shape index (κ3) is 3.15. The Labute approximate surface area is 135 Å². The molecule has 0 amide bonds. The van der Waals surface area contributed by atoms with Crippen LogP contribution in [0.5, 0.6) is 0 Å². The molecule has 1 heterocycles. The van der Waals surface area contributed by atoms with Crippen LogP contribution in [0.1, 0.15) is 49.2 Å². The van der Waals surface area contributed by atoms with Crippen molar-refractivity contribution in [2.45, 2.75) is 44.8 Å². The average molecular weight is 314 g/mol. The minimum Gasteiger partial charge on any atom is -0.458 e. The van der Waals surface area contributed by atoms with Gasteiger partial charge in [0.05, 0.1) is 23.8 Å². The number of benzene rings is 1. The zero-order valence-corrected chi connectivity index (χ0v) is 13.5. The molecule has 1 saturated carbocycles. The number of H-pyrrole nitrogens is 1. The average Bonchev–Trinajstić information content (AvgIpc) is 3.06. The standard InChI is InChI=1S/C18H22N2O3/c1-17(2)11-18(22,14-10-19-12-20-14)9-8-15(17)23-16(21)13-6-4-3-5-7-13/h3-7,10,12,15,22H,8-9,11H2,1-2H3,(H,19,20)/t15-,18-/m0/s1. The number of ether oxygens (including phenoxy) is 1. The highest BCUT2D eigenvalue weighted by molar-refractivity contribution is 5.89. The van der Waals surface area contributed by atoms with E-state index >= 15 is 0 Å². The van der Waals surface area contributed by atoms with Gasteiger partial charge in [-0.3, -0.25) is 0 Å². The number of rotatable bonds is 3. The molecule has 0 saturated heterocycles. The van der Waals surface area contributed by atoms with E-state index < -0.39 is 5.60 Å². The van der Waals surface area contributed by atoms with E-state index in [2.05, 4.69) is 9.97 Å². The van der Waals surface area contributed by atoms with Crippen LogP contribution in [0.2, 0.25) is 0 Å². The molecule has 1 aliphatic rings. The molecule has 1 aliphatic carbocycles. The van der Waals surface area contributed by atoms with Crippen molar-refractivity contribution in [3.8, 4) is 0 Å². The largest absolute Gasteiger partial charge is 0.458 e. The van der Waals surface area contributed by atoms with E-state index in [1.807, 2.05) is 32.0 Å². The second-order valence-electron chi connectivity index (χ2n) is 6.96. The summed E-state index contributed by atoms with van der Waals surface area (Å²) in [6.07, 6.45) is 4.66. The number of aromatic amines is 1. The zero-order valence-electron chi connectivity index (χ0n) is 13.5. The number of nitrogens with one attached hydrogen (secondary N) is 1. The molecular formula is C18H22N2O3. The molecule has 2 N–H and O–H groups in total. The van der Waals surface area contributed by atoms with Crippen LogP contribution in [0.3, 0.4) is 0 Å². The van der Waals surface area contributed by atoms with E-state index in [0.29, 0.717) is 24.8 Å². The monoisotopic (exact) mass is 314 g/mol. The molecule has 0 bridgehead atoms. The third-order valence-electron chi connectivity index (χ3n) is 4.70. The maximum Gasteiger partial charge on any atom is 0.338 e. The first-order valence-electron chi connectivity index (χ1n) is 7.88. The highest BCUT2D eigenvalue weighted by Gasteiger charge is 2.47. The van der Waals surface area contributed by atoms with Gasteiger partial charge in [-0.05, 0) is 31.4 Å². The van der Waals surface area contributed by atoms with Crippen molar-refractivity contribution >= 4 is 5.97 Å². The molecular weight excluding hydrogens is 292 g/mol. The maximum absolute atomic E-state index is 12.3. The van der Waals surface area contributed by atoms with Crippen LogP contribution in [0.4, 0.5) is 0 Å². The molecule has 0 unspecified atom stereocenters. The van der Waals surface area contributed by atoms with Gasteiger partial charge in [0.15, 0.2) is 0 Å². The molecule has 0 spiro atoms. The molecule has 5 nitrogen and oxygen atoms in total. The minimum absolute atomic E-state index is 0.224. The molecule has 0 radical (unpaired) electrons. The molecule has 1 aromatic carbocycles. The van der Waals surface area contributed by atoms with Gasteiger partial charge in [-0.1, -0.05) is 32.0 Å². The Balaban J connectivity index is 1.73. The van der Waals surface area contributed by atoms with Crippen molar-refractivity contribution in [2.24, 2.45) is 5.41 Å². The molecule has 122 valence electrons. The van der Waals surface area contributed by atoms with Crippen molar-refractivity contribution < 1.29 is 14.6 Å². The molecule has 3 rings (SSSR count). The van der Waals surface area contributed by atoms with Gasteiger partial charge < -0.3 is 14.8 Å². The van der Waals surface area contributed by atoms with E-state index in [4.69, 9.17) is 4.74 Å². The number of esters is 1. The lowest BCUT2D eigenvalue weighted by Gasteiger charge is -2.45. The van der Waals surface area contributed by atoms with E-state index in [1.54, 1.807) is 24.7 Å². The first-order valence-corrected chi connectivity index (χ1v) is 7.88. The van der Waals surface area contributed by atoms with Crippen molar-refractivity contribution in [2.75, 3.05) is 0 Å². The summed E-state index contributed by atoms with van der Waals surface area (Å²) >= 11 is 0. The smallest absolute Gasteiger partial charge is 0.338 e. The summed E-state index contributed by atoms with van der Waals surface area (Å²) in [6, 6.07) is 9.00. The Kier molecular flexibility index (Phi) is 3.98. The lowest BCUT2D eigenvalue weighted by Crippen LogP contribution is -2.46. The fraction of sp³-hybridized carbons (Fsp3) is 0.444. The van der Waals surface area contributed by atoms with Crippen LogP contribution < -0.4 is 0 Å². The van der Waals surface area contributed by atoms with Crippen molar-refractivity contribution in [1.29, 1.82) is 0 Å². The first-order chi connectivity index (χ1) is 10.9. The summed E-state index contributed by atoms with van der Waals surface area (Å²) in [4.78, 5) is 19.3. The predicted octanol–water partition coefficient (Wildman–Crippen LogP) is 3.03. The third-order valence-corrected chi connectivity index (χ3v) is 4.70. The molecule has 23 heavy (non-hydrogen) atoms. The maximum atomic E-state index is 12.3. The lowest BCUT2D eigenvalue weighted by molar-refractivity contribution is -0.109. The summed E-state index contributed by atoms with van der Waals surface area (Å²) in [7, 11) is 0.